The van der Waals surface area contributed by atoms with Crippen LogP contribution in [0.2, 0.25) is 0 Å². The fourth-order valence-electron chi connectivity index (χ4n) is 3.59. The van der Waals surface area contributed by atoms with E-state index in [0.29, 0.717) is 24.2 Å². The molecule has 0 saturated carbocycles. The zero-order valence-electron chi connectivity index (χ0n) is 16.2. The maximum absolute atomic E-state index is 13.2. The van der Waals surface area contributed by atoms with Crippen LogP contribution in [-0.2, 0) is 19.3 Å². The summed E-state index contributed by atoms with van der Waals surface area (Å²) in [6.45, 7) is 2.16. The minimum atomic E-state index is -0.418. The number of fused-ring (bicyclic) bond motifs is 1. The first-order valence-corrected chi connectivity index (χ1v) is 10.6. The van der Waals surface area contributed by atoms with Gasteiger partial charge in [-0.3, -0.25) is 14.2 Å². The zero-order valence-corrected chi connectivity index (χ0v) is 17.0. The fourth-order valence-corrected chi connectivity index (χ4v) is 4.75. The van der Waals surface area contributed by atoms with E-state index in [4.69, 9.17) is 0 Å². The predicted molar refractivity (Wildman–Crippen MR) is 112 cm³/mol. The number of nitrogens with zero attached hydrogens (tertiary/aromatic N) is 2. The number of benzene rings is 1. The van der Waals surface area contributed by atoms with E-state index in [1.54, 1.807) is 30.5 Å². The lowest BCUT2D eigenvalue weighted by Gasteiger charge is -2.11. The van der Waals surface area contributed by atoms with Crippen LogP contribution < -0.4 is 10.9 Å². The Balaban J connectivity index is 1.48. The standard InChI is InChI=1S/C22H22FN3O2S/c1-14-11-13-26(16-8-6-15(23)7-9-16)22(28)20(14)21(27)24-12-10-19-25-17-4-2-3-5-18(17)29-19/h6-9,11,13H,2-5,10,12H2,1H3,(H,24,27). The SMILES string of the molecule is Cc1ccn(-c2ccc(F)cc2)c(=O)c1C(=O)NCCc1nc2c(s1)CCCC2. The summed E-state index contributed by atoms with van der Waals surface area (Å²) in [7, 11) is 0. The normalized spacial score (nSPS) is 13.2. The van der Waals surface area contributed by atoms with E-state index in [1.165, 1.54) is 52.2 Å². The lowest BCUT2D eigenvalue weighted by molar-refractivity contribution is 0.0951. The summed E-state index contributed by atoms with van der Waals surface area (Å²) in [5.41, 5.74) is 2.02. The van der Waals surface area contributed by atoms with Gasteiger partial charge in [-0.05, 0) is 68.5 Å². The average Bonchev–Trinajstić information content (AvgIpc) is 3.12. The Morgan fingerprint density at radius 3 is 2.72 bits per heavy atom. The van der Waals surface area contributed by atoms with Crippen LogP contribution in [-0.4, -0.2) is 22.0 Å². The molecular weight excluding hydrogens is 389 g/mol. The van der Waals surface area contributed by atoms with Gasteiger partial charge in [-0.2, -0.15) is 0 Å². The number of pyridine rings is 1. The Morgan fingerprint density at radius 2 is 1.97 bits per heavy atom. The number of rotatable bonds is 5. The monoisotopic (exact) mass is 411 g/mol. The Kier molecular flexibility index (Phi) is 5.58. The molecule has 0 spiro atoms. The van der Waals surface area contributed by atoms with Crippen molar-refractivity contribution in [3.63, 3.8) is 0 Å². The van der Waals surface area contributed by atoms with Gasteiger partial charge in [0.05, 0.1) is 10.7 Å². The van der Waals surface area contributed by atoms with Crippen LogP contribution in [0.15, 0.2) is 41.3 Å². The molecule has 0 bridgehead atoms. The molecule has 0 radical (unpaired) electrons. The second-order valence-corrected chi connectivity index (χ2v) is 8.38. The molecule has 1 aliphatic carbocycles. The van der Waals surface area contributed by atoms with Crippen molar-refractivity contribution in [2.24, 2.45) is 0 Å². The molecule has 0 saturated heterocycles. The van der Waals surface area contributed by atoms with E-state index < -0.39 is 11.5 Å². The number of aromatic nitrogens is 2. The zero-order chi connectivity index (χ0) is 20.4. The third-order valence-corrected chi connectivity index (χ3v) is 6.36. The summed E-state index contributed by atoms with van der Waals surface area (Å²) in [4.78, 5) is 31.6. The number of halogens is 1. The van der Waals surface area contributed by atoms with Crippen LogP contribution in [0.3, 0.4) is 0 Å². The smallest absolute Gasteiger partial charge is 0.268 e. The second kappa shape index (κ2) is 8.29. The topological polar surface area (TPSA) is 64.0 Å². The minimum Gasteiger partial charge on any atom is -0.351 e. The van der Waals surface area contributed by atoms with Gasteiger partial charge in [-0.1, -0.05) is 0 Å². The summed E-state index contributed by atoms with van der Waals surface area (Å²) >= 11 is 1.73. The quantitative estimate of drug-likeness (QED) is 0.698. The van der Waals surface area contributed by atoms with Crippen molar-refractivity contribution < 1.29 is 9.18 Å². The van der Waals surface area contributed by atoms with Gasteiger partial charge in [0.15, 0.2) is 0 Å². The molecule has 0 atom stereocenters. The molecule has 150 valence electrons. The van der Waals surface area contributed by atoms with E-state index in [1.807, 2.05) is 0 Å². The van der Waals surface area contributed by atoms with Crippen LogP contribution in [0.1, 0.15) is 44.3 Å². The van der Waals surface area contributed by atoms with Gasteiger partial charge in [-0.15, -0.1) is 11.3 Å². The fraction of sp³-hybridized carbons (Fsp3) is 0.318. The molecule has 2 heterocycles. The highest BCUT2D eigenvalue weighted by Crippen LogP contribution is 2.26. The first-order chi connectivity index (χ1) is 14.0. The lowest BCUT2D eigenvalue weighted by atomic mass is 10.0. The third kappa shape index (κ3) is 4.15. The highest BCUT2D eigenvalue weighted by molar-refractivity contribution is 7.11. The van der Waals surface area contributed by atoms with E-state index in [9.17, 15) is 14.0 Å². The number of nitrogens with one attached hydrogen (secondary N) is 1. The van der Waals surface area contributed by atoms with Crippen molar-refractivity contribution in [1.82, 2.24) is 14.9 Å². The molecule has 4 rings (SSSR count). The van der Waals surface area contributed by atoms with E-state index in [-0.39, 0.29) is 11.4 Å². The molecule has 1 aromatic carbocycles. The molecule has 1 aliphatic rings. The number of thiazole rings is 1. The highest BCUT2D eigenvalue weighted by atomic mass is 32.1. The molecule has 1 amide bonds. The third-order valence-electron chi connectivity index (χ3n) is 5.15. The number of hydrogen-bond donors (Lipinski definition) is 1. The van der Waals surface area contributed by atoms with Crippen LogP contribution in [0.25, 0.3) is 5.69 Å². The first-order valence-electron chi connectivity index (χ1n) is 9.77. The maximum atomic E-state index is 13.2. The molecular formula is C22H22FN3O2S. The van der Waals surface area contributed by atoms with Gasteiger partial charge >= 0.3 is 0 Å². The lowest BCUT2D eigenvalue weighted by Crippen LogP contribution is -2.34. The van der Waals surface area contributed by atoms with Crippen molar-refractivity contribution in [3.8, 4) is 5.69 Å². The molecule has 3 aromatic rings. The summed E-state index contributed by atoms with van der Waals surface area (Å²) in [6, 6.07) is 7.31. The van der Waals surface area contributed by atoms with Gasteiger partial charge in [0, 0.05) is 29.7 Å². The molecule has 0 aliphatic heterocycles. The molecule has 2 aromatic heterocycles. The molecule has 7 heteroatoms. The summed E-state index contributed by atoms with van der Waals surface area (Å²) < 4.78 is 14.5. The Morgan fingerprint density at radius 1 is 1.21 bits per heavy atom. The molecule has 29 heavy (non-hydrogen) atoms. The molecule has 0 fully saturated rings. The van der Waals surface area contributed by atoms with E-state index in [0.717, 1.165) is 17.8 Å². The van der Waals surface area contributed by atoms with Gasteiger partial charge in [-0.25, -0.2) is 9.37 Å². The Bertz CT molecular complexity index is 1080. The van der Waals surface area contributed by atoms with Crippen molar-refractivity contribution in [2.45, 2.75) is 39.0 Å². The van der Waals surface area contributed by atoms with E-state index in [2.05, 4.69) is 10.3 Å². The van der Waals surface area contributed by atoms with Gasteiger partial charge in [0.25, 0.3) is 11.5 Å². The van der Waals surface area contributed by atoms with E-state index >= 15 is 0 Å². The van der Waals surface area contributed by atoms with Crippen molar-refractivity contribution in [3.05, 3.63) is 79.4 Å². The molecule has 1 N–H and O–H groups in total. The highest BCUT2D eigenvalue weighted by Gasteiger charge is 2.18. The minimum absolute atomic E-state index is 0.107. The van der Waals surface area contributed by atoms with Crippen LogP contribution in [0, 0.1) is 12.7 Å². The second-order valence-electron chi connectivity index (χ2n) is 7.22. The summed E-state index contributed by atoms with van der Waals surface area (Å²) in [6.07, 6.45) is 6.82. The average molecular weight is 412 g/mol. The number of carbonyl (C=O) groups is 1. The summed E-state index contributed by atoms with van der Waals surface area (Å²) in [5.74, 6) is -0.777. The molecule has 5 nitrogen and oxygen atoms in total. The summed E-state index contributed by atoms with van der Waals surface area (Å²) in [5, 5.41) is 3.88. The van der Waals surface area contributed by atoms with Crippen molar-refractivity contribution in [1.29, 1.82) is 0 Å². The first kappa shape index (κ1) is 19.5. The predicted octanol–water partition coefficient (Wildman–Crippen LogP) is 3.59. The van der Waals surface area contributed by atoms with Crippen molar-refractivity contribution in [2.75, 3.05) is 6.54 Å². The van der Waals surface area contributed by atoms with Crippen LogP contribution in [0.4, 0.5) is 4.39 Å². The Labute approximate surface area is 172 Å². The Hall–Kier alpha value is -2.80. The van der Waals surface area contributed by atoms with Gasteiger partial charge in [0.1, 0.15) is 11.4 Å². The number of aryl methyl sites for hydroxylation is 3. The van der Waals surface area contributed by atoms with Crippen molar-refractivity contribution >= 4 is 17.2 Å². The largest absolute Gasteiger partial charge is 0.351 e. The van der Waals surface area contributed by atoms with Crippen LogP contribution in [0.5, 0.6) is 0 Å². The number of amides is 1. The van der Waals surface area contributed by atoms with Gasteiger partial charge < -0.3 is 5.32 Å². The molecule has 0 unspecified atom stereocenters. The maximum Gasteiger partial charge on any atom is 0.268 e. The van der Waals surface area contributed by atoms with Crippen LogP contribution >= 0.6 is 11.3 Å². The number of carbonyl (C=O) groups excluding carboxylic acids is 1. The number of hydrogen-bond acceptors (Lipinski definition) is 4. The van der Waals surface area contributed by atoms with Gasteiger partial charge in [0.2, 0.25) is 0 Å².